The van der Waals surface area contributed by atoms with E-state index in [2.05, 4.69) is 21.7 Å². The molecular formula is C16H16N2O. The molecule has 2 aliphatic rings. The molecule has 96 valence electrons. The summed E-state index contributed by atoms with van der Waals surface area (Å²) in [7, 11) is 0. The molecule has 0 spiro atoms. The Balaban J connectivity index is 1.89. The molecule has 3 heteroatoms. The predicted molar refractivity (Wildman–Crippen MR) is 76.4 cm³/mol. The van der Waals surface area contributed by atoms with Gasteiger partial charge >= 0.3 is 0 Å². The molecule has 1 aromatic carbocycles. The maximum absolute atomic E-state index is 10.6. The Kier molecular flexibility index (Phi) is 2.35. The van der Waals surface area contributed by atoms with Crippen LogP contribution >= 0.6 is 0 Å². The minimum absolute atomic E-state index is 0.585. The van der Waals surface area contributed by atoms with Crippen LogP contribution in [0.15, 0.2) is 41.5 Å². The fourth-order valence-corrected chi connectivity index (χ4v) is 3.25. The standard InChI is InChI=1S/C16H16N2O/c19-16(14-7-2-8-17-14)13-6-1-4-11-10-12-5-3-9-18(12)15(11)13/h1-2,4,6,8,10,16,19H,3,5,7,9H2. The molecule has 0 aliphatic carbocycles. The molecule has 3 nitrogen and oxygen atoms in total. The Labute approximate surface area is 111 Å². The van der Waals surface area contributed by atoms with Gasteiger partial charge in [-0.2, -0.15) is 0 Å². The van der Waals surface area contributed by atoms with E-state index < -0.39 is 6.10 Å². The van der Waals surface area contributed by atoms with E-state index in [1.165, 1.54) is 23.0 Å². The van der Waals surface area contributed by atoms with Gasteiger partial charge in [-0.1, -0.05) is 24.3 Å². The van der Waals surface area contributed by atoms with Crippen molar-refractivity contribution in [1.82, 2.24) is 4.57 Å². The quantitative estimate of drug-likeness (QED) is 0.876. The lowest BCUT2D eigenvalue weighted by Gasteiger charge is -2.14. The molecule has 2 aromatic rings. The Morgan fingerprint density at radius 1 is 1.32 bits per heavy atom. The van der Waals surface area contributed by atoms with Crippen LogP contribution in [0.2, 0.25) is 0 Å². The van der Waals surface area contributed by atoms with Gasteiger partial charge in [-0.05, 0) is 18.9 Å². The topological polar surface area (TPSA) is 37.5 Å². The summed E-state index contributed by atoms with van der Waals surface area (Å²) in [4.78, 5) is 4.27. The fourth-order valence-electron chi connectivity index (χ4n) is 3.25. The largest absolute Gasteiger partial charge is 0.382 e. The third-order valence-corrected chi connectivity index (χ3v) is 4.13. The fraction of sp³-hybridized carbons (Fsp3) is 0.312. The zero-order valence-electron chi connectivity index (χ0n) is 10.7. The number of nitrogens with zero attached hydrogens (tertiary/aromatic N) is 2. The predicted octanol–water partition coefficient (Wildman–Crippen LogP) is 2.98. The van der Waals surface area contributed by atoms with Gasteiger partial charge in [0.2, 0.25) is 0 Å². The van der Waals surface area contributed by atoms with Crippen LogP contribution in [0.3, 0.4) is 0 Å². The van der Waals surface area contributed by atoms with Gasteiger partial charge in [0.15, 0.2) is 0 Å². The van der Waals surface area contributed by atoms with Crippen LogP contribution < -0.4 is 0 Å². The summed E-state index contributed by atoms with van der Waals surface area (Å²) in [5.41, 5.74) is 4.42. The SMILES string of the molecule is OC(C1=NC=CC1)c1cccc2cc3n(c12)CCC3. The van der Waals surface area contributed by atoms with Crippen molar-refractivity contribution in [3.05, 3.63) is 47.8 Å². The molecule has 1 aromatic heterocycles. The summed E-state index contributed by atoms with van der Waals surface area (Å²) < 4.78 is 2.36. The second-order valence-corrected chi connectivity index (χ2v) is 5.29. The van der Waals surface area contributed by atoms with Gasteiger partial charge in [0.25, 0.3) is 0 Å². The molecule has 0 fully saturated rings. The molecule has 1 atom stereocenters. The summed E-state index contributed by atoms with van der Waals surface area (Å²) in [5.74, 6) is 0. The zero-order chi connectivity index (χ0) is 12.8. The molecule has 4 rings (SSSR count). The molecule has 0 amide bonds. The maximum atomic E-state index is 10.6. The number of hydrogen-bond acceptors (Lipinski definition) is 2. The van der Waals surface area contributed by atoms with Crippen LogP contribution in [-0.4, -0.2) is 15.4 Å². The van der Waals surface area contributed by atoms with Gasteiger partial charge in [0.05, 0.1) is 11.2 Å². The van der Waals surface area contributed by atoms with Crippen LogP contribution in [0.1, 0.15) is 30.2 Å². The second kappa shape index (κ2) is 4.07. The van der Waals surface area contributed by atoms with Crippen molar-refractivity contribution in [2.75, 3.05) is 0 Å². The number of para-hydroxylation sites is 1. The molecule has 1 unspecified atom stereocenters. The van der Waals surface area contributed by atoms with Crippen LogP contribution in [0, 0.1) is 0 Å². The van der Waals surface area contributed by atoms with Crippen LogP contribution in [0.5, 0.6) is 0 Å². The highest BCUT2D eigenvalue weighted by atomic mass is 16.3. The summed E-state index contributed by atoms with van der Waals surface area (Å²) in [6.07, 6.45) is 6.29. The molecule has 2 aliphatic heterocycles. The third-order valence-electron chi connectivity index (χ3n) is 4.13. The van der Waals surface area contributed by atoms with Gasteiger partial charge in [0, 0.05) is 35.8 Å². The monoisotopic (exact) mass is 252 g/mol. The number of hydrogen-bond donors (Lipinski definition) is 1. The first-order valence-electron chi connectivity index (χ1n) is 6.85. The lowest BCUT2D eigenvalue weighted by Crippen LogP contribution is -2.11. The number of aromatic nitrogens is 1. The number of aliphatic hydroxyl groups excluding tert-OH is 1. The Hall–Kier alpha value is -1.87. The van der Waals surface area contributed by atoms with Crippen molar-refractivity contribution in [1.29, 1.82) is 0 Å². The Bertz CT molecular complexity index is 709. The van der Waals surface area contributed by atoms with Crippen LogP contribution in [0.25, 0.3) is 10.9 Å². The highest BCUT2D eigenvalue weighted by Crippen LogP contribution is 2.32. The minimum Gasteiger partial charge on any atom is -0.382 e. The van der Waals surface area contributed by atoms with Crippen molar-refractivity contribution >= 4 is 16.6 Å². The minimum atomic E-state index is -0.585. The molecule has 1 N–H and O–H groups in total. The summed E-state index contributed by atoms with van der Waals surface area (Å²) in [6, 6.07) is 8.44. The summed E-state index contributed by atoms with van der Waals surface area (Å²) in [6.45, 7) is 1.06. The third kappa shape index (κ3) is 1.58. The van der Waals surface area contributed by atoms with Gasteiger partial charge < -0.3 is 9.67 Å². The maximum Gasteiger partial charge on any atom is 0.119 e. The zero-order valence-corrected chi connectivity index (χ0v) is 10.7. The van der Waals surface area contributed by atoms with E-state index in [4.69, 9.17) is 0 Å². The van der Waals surface area contributed by atoms with Crippen molar-refractivity contribution in [2.45, 2.75) is 31.9 Å². The van der Waals surface area contributed by atoms with Gasteiger partial charge in [-0.15, -0.1) is 0 Å². The summed E-state index contributed by atoms with van der Waals surface area (Å²) in [5, 5.41) is 11.8. The first-order chi connectivity index (χ1) is 9.34. The van der Waals surface area contributed by atoms with E-state index in [0.717, 1.165) is 30.7 Å². The van der Waals surface area contributed by atoms with E-state index in [9.17, 15) is 5.11 Å². The lowest BCUT2D eigenvalue weighted by molar-refractivity contribution is 0.247. The van der Waals surface area contributed by atoms with E-state index in [0.29, 0.717) is 0 Å². The molecule has 0 radical (unpaired) electrons. The van der Waals surface area contributed by atoms with Crippen LogP contribution in [0.4, 0.5) is 0 Å². The average Bonchev–Trinajstić information content (AvgIpc) is 3.13. The molecule has 3 heterocycles. The molecule has 19 heavy (non-hydrogen) atoms. The second-order valence-electron chi connectivity index (χ2n) is 5.29. The number of allylic oxidation sites excluding steroid dienone is 1. The van der Waals surface area contributed by atoms with Crippen molar-refractivity contribution in [3.63, 3.8) is 0 Å². The highest BCUT2D eigenvalue weighted by molar-refractivity contribution is 5.96. The first-order valence-corrected chi connectivity index (χ1v) is 6.85. The van der Waals surface area contributed by atoms with Crippen molar-refractivity contribution in [2.24, 2.45) is 4.99 Å². The van der Waals surface area contributed by atoms with E-state index in [1.807, 2.05) is 18.2 Å². The van der Waals surface area contributed by atoms with E-state index in [1.54, 1.807) is 6.20 Å². The van der Waals surface area contributed by atoms with Gasteiger partial charge in [-0.25, -0.2) is 0 Å². The normalized spacial score (nSPS) is 18.9. The van der Waals surface area contributed by atoms with Gasteiger partial charge in [0.1, 0.15) is 6.10 Å². The first kappa shape index (κ1) is 11.0. The molecular weight excluding hydrogens is 236 g/mol. The molecule has 0 bridgehead atoms. The van der Waals surface area contributed by atoms with Crippen molar-refractivity contribution < 1.29 is 5.11 Å². The van der Waals surface area contributed by atoms with Crippen LogP contribution in [-0.2, 0) is 13.0 Å². The van der Waals surface area contributed by atoms with Crippen molar-refractivity contribution in [3.8, 4) is 0 Å². The van der Waals surface area contributed by atoms with Gasteiger partial charge in [-0.3, -0.25) is 4.99 Å². The number of fused-ring (bicyclic) bond motifs is 3. The van der Waals surface area contributed by atoms with E-state index >= 15 is 0 Å². The number of aliphatic hydroxyl groups is 1. The average molecular weight is 252 g/mol. The van der Waals surface area contributed by atoms with E-state index in [-0.39, 0.29) is 0 Å². The number of benzene rings is 1. The number of aryl methyl sites for hydroxylation is 2. The smallest absolute Gasteiger partial charge is 0.119 e. The lowest BCUT2D eigenvalue weighted by atomic mass is 10.0. The summed E-state index contributed by atoms with van der Waals surface area (Å²) >= 11 is 0. The number of rotatable bonds is 2. The highest BCUT2D eigenvalue weighted by Gasteiger charge is 2.22. The Morgan fingerprint density at radius 3 is 3.11 bits per heavy atom. The Morgan fingerprint density at radius 2 is 2.26 bits per heavy atom. The number of aliphatic imine (C=N–C) groups is 1. The molecule has 0 saturated carbocycles. The molecule has 0 saturated heterocycles.